The highest BCUT2D eigenvalue weighted by molar-refractivity contribution is 7.89. The molecule has 0 unspecified atom stereocenters. The molecule has 7 nitrogen and oxygen atoms in total. The van der Waals surface area contributed by atoms with E-state index in [1.165, 1.54) is 11.8 Å². The van der Waals surface area contributed by atoms with Crippen LogP contribution >= 0.6 is 0 Å². The Kier molecular flexibility index (Phi) is 4.13. The van der Waals surface area contributed by atoms with Crippen molar-refractivity contribution in [1.29, 1.82) is 0 Å². The van der Waals surface area contributed by atoms with Crippen LogP contribution in [0.2, 0.25) is 0 Å². The lowest BCUT2D eigenvalue weighted by molar-refractivity contribution is 0.363. The van der Waals surface area contributed by atoms with Crippen LogP contribution in [0.4, 0.5) is 0 Å². The summed E-state index contributed by atoms with van der Waals surface area (Å²) in [5.41, 5.74) is 1.95. The molecule has 2 atom stereocenters. The van der Waals surface area contributed by atoms with Crippen molar-refractivity contribution >= 4 is 10.0 Å². The van der Waals surface area contributed by atoms with Crippen LogP contribution in [-0.4, -0.2) is 40.1 Å². The molecule has 2 aliphatic carbocycles. The minimum Gasteiger partial charge on any atom is -0.423 e. The summed E-state index contributed by atoms with van der Waals surface area (Å²) in [6.45, 7) is 0.522. The normalized spacial score (nSPS) is 21.9. The Morgan fingerprint density at radius 1 is 1.21 bits per heavy atom. The van der Waals surface area contributed by atoms with Crippen molar-refractivity contribution in [2.45, 2.75) is 36.3 Å². The number of hydrogen-bond donors (Lipinski definition) is 0. The van der Waals surface area contributed by atoms with Gasteiger partial charge in [-0.3, -0.25) is 4.68 Å². The van der Waals surface area contributed by atoms with Gasteiger partial charge in [-0.05, 0) is 48.8 Å². The van der Waals surface area contributed by atoms with Crippen molar-refractivity contribution in [3.63, 3.8) is 0 Å². The Hall–Kier alpha value is -2.45. The van der Waals surface area contributed by atoms with Crippen LogP contribution < -0.4 is 0 Å². The first-order valence-corrected chi connectivity index (χ1v) is 11.0. The lowest BCUT2D eigenvalue weighted by Gasteiger charge is -2.20. The number of sulfonamides is 1. The molecule has 5 rings (SSSR count). The Bertz CT molecular complexity index is 1090. The highest BCUT2D eigenvalue weighted by Gasteiger charge is 2.47. The van der Waals surface area contributed by atoms with E-state index in [4.69, 9.17) is 4.42 Å². The molecule has 0 spiro atoms. The molecule has 146 valence electrons. The lowest BCUT2D eigenvalue weighted by atomic mass is 10.2. The first-order chi connectivity index (χ1) is 13.5. The van der Waals surface area contributed by atoms with E-state index in [-0.39, 0.29) is 11.1 Å². The van der Waals surface area contributed by atoms with Crippen LogP contribution in [0.3, 0.4) is 0 Å². The third kappa shape index (κ3) is 3.27. The van der Waals surface area contributed by atoms with Gasteiger partial charge in [-0.1, -0.05) is 18.2 Å². The maximum absolute atomic E-state index is 13.2. The van der Waals surface area contributed by atoms with Crippen molar-refractivity contribution in [3.05, 3.63) is 54.5 Å². The molecule has 2 aromatic heterocycles. The summed E-state index contributed by atoms with van der Waals surface area (Å²) < 4.78 is 35.6. The molecular formula is C20H22N4O3S. The van der Waals surface area contributed by atoms with Crippen molar-refractivity contribution in [1.82, 2.24) is 19.1 Å². The van der Waals surface area contributed by atoms with E-state index in [1.807, 2.05) is 49.8 Å². The first kappa shape index (κ1) is 17.6. The summed E-state index contributed by atoms with van der Waals surface area (Å²) in [5.74, 6) is 1.05. The number of hydrogen-bond acceptors (Lipinski definition) is 5. The molecular weight excluding hydrogens is 376 g/mol. The molecule has 0 N–H and O–H groups in total. The second-order valence-electron chi connectivity index (χ2n) is 7.71. The van der Waals surface area contributed by atoms with Crippen molar-refractivity contribution in [2.24, 2.45) is 13.0 Å². The fraction of sp³-hybridized carbons (Fsp3) is 0.400. The van der Waals surface area contributed by atoms with Gasteiger partial charge in [-0.25, -0.2) is 13.4 Å². The van der Waals surface area contributed by atoms with Gasteiger partial charge in [0.2, 0.25) is 5.89 Å². The fourth-order valence-corrected chi connectivity index (χ4v) is 5.33. The Balaban J connectivity index is 1.36. The van der Waals surface area contributed by atoms with Gasteiger partial charge in [0, 0.05) is 31.4 Å². The maximum atomic E-state index is 13.2. The van der Waals surface area contributed by atoms with E-state index in [9.17, 15) is 8.42 Å². The summed E-state index contributed by atoms with van der Waals surface area (Å²) in [5, 5.41) is 4.16. The number of aryl methyl sites for hydroxylation is 1. The minimum absolute atomic E-state index is 0.0724. The van der Waals surface area contributed by atoms with E-state index in [0.717, 1.165) is 24.8 Å². The van der Waals surface area contributed by atoms with Crippen LogP contribution in [0.1, 0.15) is 30.7 Å². The molecule has 2 heterocycles. The largest absolute Gasteiger partial charge is 0.423 e. The number of oxazole rings is 1. The summed E-state index contributed by atoms with van der Waals surface area (Å²) in [6.07, 6.45) is 8.04. The van der Waals surface area contributed by atoms with Crippen molar-refractivity contribution < 1.29 is 12.8 Å². The lowest BCUT2D eigenvalue weighted by Crippen LogP contribution is -2.35. The second kappa shape index (κ2) is 6.56. The van der Waals surface area contributed by atoms with Crippen LogP contribution in [-0.2, 0) is 17.1 Å². The highest BCUT2D eigenvalue weighted by atomic mass is 32.2. The smallest absolute Gasteiger partial charge is 0.278 e. The van der Waals surface area contributed by atoms with E-state index in [0.29, 0.717) is 24.3 Å². The maximum Gasteiger partial charge on any atom is 0.278 e. The van der Waals surface area contributed by atoms with E-state index in [2.05, 4.69) is 10.1 Å². The molecule has 2 aliphatic rings. The molecule has 8 heteroatoms. The molecule has 0 bridgehead atoms. The van der Waals surface area contributed by atoms with Crippen molar-refractivity contribution in [3.8, 4) is 11.5 Å². The minimum atomic E-state index is -3.70. The Labute approximate surface area is 164 Å². The average molecular weight is 398 g/mol. The number of rotatable bonds is 7. The molecule has 0 amide bonds. The molecule has 3 aromatic rings. The van der Waals surface area contributed by atoms with Crippen molar-refractivity contribution in [2.75, 3.05) is 6.54 Å². The topological polar surface area (TPSA) is 81.2 Å². The third-order valence-electron chi connectivity index (χ3n) is 5.51. The van der Waals surface area contributed by atoms with Gasteiger partial charge in [-0.2, -0.15) is 9.40 Å². The zero-order valence-electron chi connectivity index (χ0n) is 15.6. The molecule has 0 saturated heterocycles. The molecule has 2 fully saturated rings. The quantitative estimate of drug-likeness (QED) is 0.611. The molecule has 28 heavy (non-hydrogen) atoms. The van der Waals surface area contributed by atoms with Gasteiger partial charge in [0.25, 0.3) is 15.1 Å². The number of aromatic nitrogens is 3. The Morgan fingerprint density at radius 2 is 2.00 bits per heavy atom. The van der Waals surface area contributed by atoms with Gasteiger partial charge in [0.05, 0.1) is 12.4 Å². The SMILES string of the molecule is Cn1cc([C@@H]2C[C@H]2CN(C2CC2)S(=O)(=O)c2cnc(-c3ccccc3)o2)cn1. The van der Waals surface area contributed by atoms with Gasteiger partial charge in [-0.15, -0.1) is 0 Å². The predicted octanol–water partition coefficient (Wildman–Crippen LogP) is 3.03. The standard InChI is InChI=1S/C20H22N4O3S/c1-23-12-16(10-22-23)18-9-15(18)13-24(17-7-8-17)28(25,26)19-11-21-20(27-19)14-5-3-2-4-6-14/h2-6,10-12,15,17-18H,7-9,13H2,1H3/t15-,18+/m0/s1. The van der Waals surface area contributed by atoms with E-state index >= 15 is 0 Å². The van der Waals surface area contributed by atoms with E-state index in [1.54, 1.807) is 8.99 Å². The molecule has 2 saturated carbocycles. The first-order valence-electron chi connectivity index (χ1n) is 9.54. The predicted molar refractivity (Wildman–Crippen MR) is 103 cm³/mol. The van der Waals surface area contributed by atoms with Crippen LogP contribution in [0.5, 0.6) is 0 Å². The average Bonchev–Trinajstić information content (AvgIpc) is 3.58. The summed E-state index contributed by atoms with van der Waals surface area (Å²) >= 11 is 0. The van der Waals surface area contributed by atoms with Gasteiger partial charge < -0.3 is 4.42 Å². The highest BCUT2D eigenvalue weighted by Crippen LogP contribution is 2.49. The Morgan fingerprint density at radius 3 is 2.68 bits per heavy atom. The number of nitrogens with zero attached hydrogens (tertiary/aromatic N) is 4. The molecule has 0 radical (unpaired) electrons. The second-order valence-corrected chi connectivity index (χ2v) is 9.53. The van der Waals surface area contributed by atoms with Gasteiger partial charge in [0.1, 0.15) is 0 Å². The molecule has 0 aliphatic heterocycles. The van der Waals surface area contributed by atoms with Crippen LogP contribution in [0.15, 0.2) is 58.4 Å². The zero-order valence-corrected chi connectivity index (χ0v) is 16.4. The summed E-state index contributed by atoms with van der Waals surface area (Å²) in [6, 6.07) is 9.41. The van der Waals surface area contributed by atoms with Gasteiger partial charge >= 0.3 is 0 Å². The number of benzene rings is 1. The van der Waals surface area contributed by atoms with E-state index < -0.39 is 10.0 Å². The summed E-state index contributed by atoms with van der Waals surface area (Å²) in [7, 11) is -1.80. The summed E-state index contributed by atoms with van der Waals surface area (Å²) in [4.78, 5) is 4.19. The zero-order chi connectivity index (χ0) is 19.3. The third-order valence-corrected chi connectivity index (χ3v) is 7.27. The monoisotopic (exact) mass is 398 g/mol. The van der Waals surface area contributed by atoms with Crippen LogP contribution in [0, 0.1) is 5.92 Å². The fourth-order valence-electron chi connectivity index (χ4n) is 3.73. The van der Waals surface area contributed by atoms with Gasteiger partial charge in [0.15, 0.2) is 0 Å². The molecule has 1 aromatic carbocycles. The van der Waals surface area contributed by atoms with Crippen LogP contribution in [0.25, 0.3) is 11.5 Å².